The summed E-state index contributed by atoms with van der Waals surface area (Å²) in [5, 5.41) is 13.5. The van der Waals surface area contributed by atoms with Crippen molar-refractivity contribution in [3.8, 4) is 17.1 Å². The molecular weight excluding hydrogens is 248 g/mol. The first kappa shape index (κ1) is 11.3. The first-order valence-corrected chi connectivity index (χ1v) is 5.54. The van der Waals surface area contributed by atoms with E-state index in [1.807, 2.05) is 24.3 Å². The number of H-pyrrole nitrogens is 1. The molecule has 0 aliphatic carbocycles. The molecule has 19 heavy (non-hydrogen) atoms. The van der Waals surface area contributed by atoms with Gasteiger partial charge in [-0.3, -0.25) is 0 Å². The van der Waals surface area contributed by atoms with Gasteiger partial charge in [-0.25, -0.2) is 4.79 Å². The van der Waals surface area contributed by atoms with E-state index in [2.05, 4.69) is 10.1 Å². The van der Waals surface area contributed by atoms with Crippen LogP contribution in [0.4, 0.5) is 0 Å². The molecule has 6 heteroatoms. The predicted molar refractivity (Wildman–Crippen MR) is 67.3 cm³/mol. The first-order chi connectivity index (χ1) is 9.17. The number of methoxy groups -OCH3 is 1. The molecule has 0 aliphatic heterocycles. The van der Waals surface area contributed by atoms with E-state index in [0.29, 0.717) is 11.4 Å². The molecule has 1 aromatic carbocycles. The number of carboxylic acid groups (broad SMARTS) is 1. The minimum atomic E-state index is -1.14. The topological polar surface area (TPSA) is 88.4 Å². The molecule has 0 spiro atoms. The highest BCUT2D eigenvalue weighted by molar-refractivity contribution is 5.88. The monoisotopic (exact) mass is 258 g/mol. The summed E-state index contributed by atoms with van der Waals surface area (Å²) < 4.78 is 9.87. The van der Waals surface area contributed by atoms with Gasteiger partial charge in [-0.15, -0.1) is 0 Å². The Morgan fingerprint density at radius 2 is 2.21 bits per heavy atom. The summed E-state index contributed by atoms with van der Waals surface area (Å²) in [5.41, 5.74) is 2.06. The highest BCUT2D eigenvalue weighted by Crippen LogP contribution is 2.26. The molecule has 0 atom stereocenters. The van der Waals surface area contributed by atoms with E-state index in [1.165, 1.54) is 6.07 Å². The lowest BCUT2D eigenvalue weighted by Crippen LogP contribution is -1.91. The summed E-state index contributed by atoms with van der Waals surface area (Å²) in [6.07, 6.45) is 0. The Kier molecular flexibility index (Phi) is 2.49. The van der Waals surface area contributed by atoms with Crippen LogP contribution in [0.5, 0.6) is 5.75 Å². The summed E-state index contributed by atoms with van der Waals surface area (Å²) in [6, 6.07) is 8.85. The molecule has 6 nitrogen and oxygen atoms in total. The van der Waals surface area contributed by atoms with Gasteiger partial charge in [0.25, 0.3) is 0 Å². The van der Waals surface area contributed by atoms with Crippen molar-refractivity contribution in [2.24, 2.45) is 0 Å². The number of rotatable bonds is 3. The Balaban J connectivity index is 2.06. The number of carboxylic acids is 1. The number of benzene rings is 1. The van der Waals surface area contributed by atoms with E-state index in [1.54, 1.807) is 7.11 Å². The highest BCUT2D eigenvalue weighted by Gasteiger charge is 2.14. The lowest BCUT2D eigenvalue weighted by atomic mass is 10.2. The van der Waals surface area contributed by atoms with Crippen molar-refractivity contribution in [3.05, 3.63) is 36.1 Å². The summed E-state index contributed by atoms with van der Waals surface area (Å²) >= 11 is 0. The zero-order valence-corrected chi connectivity index (χ0v) is 10.0. The number of carbonyl (C=O) groups is 1. The smallest absolute Gasteiger partial charge is 0.374 e. The normalized spacial score (nSPS) is 10.8. The maximum Gasteiger partial charge on any atom is 0.374 e. The minimum Gasteiger partial charge on any atom is -0.497 e. The maximum absolute atomic E-state index is 10.7. The van der Waals surface area contributed by atoms with Crippen LogP contribution in [-0.4, -0.2) is 28.3 Å². The Bertz CT molecular complexity index is 757. The maximum atomic E-state index is 10.7. The molecule has 0 bridgehead atoms. The number of nitrogens with one attached hydrogen (secondary N) is 1. The molecule has 3 aromatic rings. The SMILES string of the molecule is COc1ccc2[nH]c(-c3cc(C(=O)O)on3)cc2c1. The molecule has 0 aliphatic rings. The summed E-state index contributed by atoms with van der Waals surface area (Å²) in [6.45, 7) is 0. The van der Waals surface area contributed by atoms with Gasteiger partial charge in [0, 0.05) is 17.0 Å². The predicted octanol–water partition coefficient (Wildman–Crippen LogP) is 2.53. The van der Waals surface area contributed by atoms with E-state index in [-0.39, 0.29) is 5.76 Å². The second-order valence-corrected chi connectivity index (χ2v) is 4.02. The lowest BCUT2D eigenvalue weighted by molar-refractivity contribution is 0.0652. The zero-order valence-electron chi connectivity index (χ0n) is 10.0. The molecule has 0 radical (unpaired) electrons. The van der Waals surface area contributed by atoms with Crippen molar-refractivity contribution in [1.82, 2.24) is 10.1 Å². The van der Waals surface area contributed by atoms with Gasteiger partial charge in [0.1, 0.15) is 11.4 Å². The number of aromatic carboxylic acids is 1. The van der Waals surface area contributed by atoms with Gasteiger partial charge in [-0.2, -0.15) is 0 Å². The van der Waals surface area contributed by atoms with Gasteiger partial charge in [-0.05, 0) is 24.3 Å². The third-order valence-corrected chi connectivity index (χ3v) is 2.82. The van der Waals surface area contributed by atoms with Crippen LogP contribution >= 0.6 is 0 Å². The fourth-order valence-electron chi connectivity index (χ4n) is 1.88. The molecule has 0 unspecified atom stereocenters. The van der Waals surface area contributed by atoms with E-state index >= 15 is 0 Å². The van der Waals surface area contributed by atoms with Gasteiger partial charge in [0.15, 0.2) is 0 Å². The standard InChI is InChI=1S/C13H10N2O4/c1-18-8-2-3-9-7(4-8)5-10(14-9)11-6-12(13(16)17)19-15-11/h2-6,14H,1H3,(H,16,17). The third-order valence-electron chi connectivity index (χ3n) is 2.82. The molecule has 2 heterocycles. The van der Waals surface area contributed by atoms with E-state index < -0.39 is 5.97 Å². The summed E-state index contributed by atoms with van der Waals surface area (Å²) in [7, 11) is 1.60. The molecule has 3 rings (SSSR count). The van der Waals surface area contributed by atoms with Crippen LogP contribution in [0.15, 0.2) is 34.9 Å². The molecule has 0 saturated heterocycles. The van der Waals surface area contributed by atoms with E-state index in [9.17, 15) is 4.79 Å². The fraction of sp³-hybridized carbons (Fsp3) is 0.0769. The van der Waals surface area contributed by atoms with Crippen molar-refractivity contribution in [2.75, 3.05) is 7.11 Å². The molecular formula is C13H10N2O4. The van der Waals surface area contributed by atoms with Crippen LogP contribution in [0.1, 0.15) is 10.6 Å². The van der Waals surface area contributed by atoms with E-state index in [4.69, 9.17) is 14.4 Å². The van der Waals surface area contributed by atoms with Crippen LogP contribution in [0.25, 0.3) is 22.3 Å². The summed E-state index contributed by atoms with van der Waals surface area (Å²) in [4.78, 5) is 13.9. The molecule has 0 fully saturated rings. The Hall–Kier alpha value is -2.76. The van der Waals surface area contributed by atoms with Crippen LogP contribution in [0.2, 0.25) is 0 Å². The number of ether oxygens (including phenoxy) is 1. The lowest BCUT2D eigenvalue weighted by Gasteiger charge is -1.97. The number of nitrogens with zero attached hydrogens (tertiary/aromatic N) is 1. The zero-order chi connectivity index (χ0) is 13.4. The fourth-order valence-corrected chi connectivity index (χ4v) is 1.88. The number of fused-ring (bicyclic) bond motifs is 1. The van der Waals surface area contributed by atoms with Crippen LogP contribution in [-0.2, 0) is 0 Å². The van der Waals surface area contributed by atoms with Crippen LogP contribution in [0, 0.1) is 0 Å². The number of aromatic amines is 1. The van der Waals surface area contributed by atoms with Crippen molar-refractivity contribution >= 4 is 16.9 Å². The molecule has 2 aromatic heterocycles. The molecule has 96 valence electrons. The highest BCUT2D eigenvalue weighted by atomic mass is 16.5. The number of aromatic nitrogens is 2. The molecule has 0 saturated carbocycles. The Morgan fingerprint density at radius 1 is 1.37 bits per heavy atom. The average molecular weight is 258 g/mol. The van der Waals surface area contributed by atoms with Crippen molar-refractivity contribution in [2.45, 2.75) is 0 Å². The largest absolute Gasteiger partial charge is 0.497 e. The minimum absolute atomic E-state index is 0.189. The van der Waals surface area contributed by atoms with Gasteiger partial charge < -0.3 is 19.4 Å². The van der Waals surface area contributed by atoms with Crippen molar-refractivity contribution < 1.29 is 19.2 Å². The Labute approximate surface area is 107 Å². The van der Waals surface area contributed by atoms with Gasteiger partial charge in [-0.1, -0.05) is 5.16 Å². The quantitative estimate of drug-likeness (QED) is 0.753. The first-order valence-electron chi connectivity index (χ1n) is 5.54. The molecule has 0 amide bonds. The second kappa shape index (κ2) is 4.16. The number of hydrogen-bond acceptors (Lipinski definition) is 4. The van der Waals surface area contributed by atoms with Crippen molar-refractivity contribution in [1.29, 1.82) is 0 Å². The second-order valence-electron chi connectivity index (χ2n) is 4.02. The van der Waals surface area contributed by atoms with Crippen LogP contribution in [0.3, 0.4) is 0 Å². The van der Waals surface area contributed by atoms with Gasteiger partial charge in [0.2, 0.25) is 5.76 Å². The Morgan fingerprint density at radius 3 is 2.89 bits per heavy atom. The third kappa shape index (κ3) is 1.93. The van der Waals surface area contributed by atoms with Crippen LogP contribution < -0.4 is 4.74 Å². The average Bonchev–Trinajstić information content (AvgIpc) is 3.04. The summed E-state index contributed by atoms with van der Waals surface area (Å²) in [5.74, 6) is -0.577. The van der Waals surface area contributed by atoms with Crippen molar-refractivity contribution in [3.63, 3.8) is 0 Å². The van der Waals surface area contributed by atoms with E-state index in [0.717, 1.165) is 16.7 Å². The van der Waals surface area contributed by atoms with Gasteiger partial charge >= 0.3 is 5.97 Å². The number of hydrogen-bond donors (Lipinski definition) is 2. The van der Waals surface area contributed by atoms with Gasteiger partial charge in [0.05, 0.1) is 12.8 Å². The molecule has 2 N–H and O–H groups in total.